The quantitative estimate of drug-likeness (QED) is 0.804. The van der Waals surface area contributed by atoms with E-state index in [2.05, 4.69) is 15.0 Å². The van der Waals surface area contributed by atoms with Gasteiger partial charge in [-0.25, -0.2) is 0 Å². The number of hydrogen-bond acceptors (Lipinski definition) is 4. The molecule has 2 aromatic rings. The van der Waals surface area contributed by atoms with Gasteiger partial charge in [0, 0.05) is 17.3 Å². The summed E-state index contributed by atoms with van der Waals surface area (Å²) in [6.45, 7) is 0. The molecule has 0 bridgehead atoms. The van der Waals surface area contributed by atoms with Crippen LogP contribution in [0.2, 0.25) is 0 Å². The van der Waals surface area contributed by atoms with Gasteiger partial charge in [-0.1, -0.05) is 29.5 Å². The van der Waals surface area contributed by atoms with Crippen LogP contribution in [0.15, 0.2) is 41.1 Å². The number of carbonyl (C=O) groups is 1. The van der Waals surface area contributed by atoms with E-state index in [-0.39, 0.29) is 16.6 Å². The molecule has 0 aliphatic carbocycles. The lowest BCUT2D eigenvalue weighted by Crippen LogP contribution is -2.14. The number of benzene rings is 1. The molecule has 3 N–H and O–H groups in total. The smallest absolute Gasteiger partial charge is 0.277 e. The number of thiocarbonyl (C=S) groups is 1. The SMILES string of the molecule is NC(=S)c1cccc(NC(=O)c2ccon2)c1. The second-order valence-corrected chi connectivity index (χ2v) is 3.72. The molecule has 86 valence electrons. The van der Waals surface area contributed by atoms with Crippen molar-refractivity contribution in [3.8, 4) is 0 Å². The van der Waals surface area contributed by atoms with E-state index in [1.54, 1.807) is 24.3 Å². The van der Waals surface area contributed by atoms with Gasteiger partial charge in [-0.15, -0.1) is 0 Å². The van der Waals surface area contributed by atoms with Gasteiger partial charge in [0.1, 0.15) is 11.3 Å². The molecule has 0 aliphatic heterocycles. The topological polar surface area (TPSA) is 81.1 Å². The molecule has 0 atom stereocenters. The highest BCUT2D eigenvalue weighted by Gasteiger charge is 2.09. The number of aromatic nitrogens is 1. The molecular weight excluding hydrogens is 238 g/mol. The summed E-state index contributed by atoms with van der Waals surface area (Å²) in [5.74, 6) is -0.348. The first-order valence-electron chi connectivity index (χ1n) is 4.78. The van der Waals surface area contributed by atoms with Crippen molar-refractivity contribution in [3.05, 3.63) is 47.9 Å². The van der Waals surface area contributed by atoms with Crippen LogP contribution in [0.3, 0.4) is 0 Å². The summed E-state index contributed by atoms with van der Waals surface area (Å²) in [5, 5.41) is 6.20. The Morgan fingerprint density at radius 2 is 2.24 bits per heavy atom. The fourth-order valence-corrected chi connectivity index (χ4v) is 1.40. The number of nitrogens with zero attached hydrogens (tertiary/aromatic N) is 1. The van der Waals surface area contributed by atoms with E-state index in [0.717, 1.165) is 0 Å². The van der Waals surface area contributed by atoms with Crippen molar-refractivity contribution in [2.75, 3.05) is 5.32 Å². The lowest BCUT2D eigenvalue weighted by molar-refractivity contribution is 0.101. The monoisotopic (exact) mass is 247 g/mol. The summed E-state index contributed by atoms with van der Waals surface area (Å²) in [6, 6.07) is 8.44. The average Bonchev–Trinajstić information content (AvgIpc) is 2.82. The first-order valence-corrected chi connectivity index (χ1v) is 5.19. The number of nitrogens with one attached hydrogen (secondary N) is 1. The molecule has 17 heavy (non-hydrogen) atoms. The summed E-state index contributed by atoms with van der Waals surface area (Å²) < 4.78 is 4.58. The molecule has 0 spiro atoms. The zero-order chi connectivity index (χ0) is 12.3. The Hall–Kier alpha value is -2.21. The van der Waals surface area contributed by atoms with Crippen molar-refractivity contribution >= 4 is 28.8 Å². The zero-order valence-electron chi connectivity index (χ0n) is 8.71. The van der Waals surface area contributed by atoms with Crippen LogP contribution in [0.4, 0.5) is 5.69 Å². The summed E-state index contributed by atoms with van der Waals surface area (Å²) in [7, 11) is 0. The molecule has 0 saturated carbocycles. The van der Waals surface area contributed by atoms with Gasteiger partial charge in [-0.3, -0.25) is 4.79 Å². The van der Waals surface area contributed by atoms with Crippen LogP contribution >= 0.6 is 12.2 Å². The normalized spacial score (nSPS) is 9.88. The summed E-state index contributed by atoms with van der Waals surface area (Å²) in [4.78, 5) is 11.9. The van der Waals surface area contributed by atoms with E-state index < -0.39 is 0 Å². The molecule has 1 aromatic heterocycles. The van der Waals surface area contributed by atoms with Crippen LogP contribution in [-0.4, -0.2) is 16.1 Å². The Morgan fingerprint density at radius 1 is 1.41 bits per heavy atom. The maximum absolute atomic E-state index is 11.7. The van der Waals surface area contributed by atoms with Crippen LogP contribution in [0, 0.1) is 0 Å². The number of hydrogen-bond donors (Lipinski definition) is 2. The molecule has 0 aliphatic rings. The first kappa shape index (κ1) is 11.3. The third-order valence-electron chi connectivity index (χ3n) is 2.08. The predicted octanol–water partition coefficient (Wildman–Crippen LogP) is 1.56. The molecule has 1 amide bonds. The Morgan fingerprint density at radius 3 is 2.88 bits per heavy atom. The fourth-order valence-electron chi connectivity index (χ4n) is 1.28. The molecule has 0 fully saturated rings. The molecule has 0 saturated heterocycles. The minimum atomic E-state index is -0.348. The molecule has 0 radical (unpaired) electrons. The van der Waals surface area contributed by atoms with Crippen molar-refractivity contribution in [2.45, 2.75) is 0 Å². The van der Waals surface area contributed by atoms with Crippen LogP contribution in [0.25, 0.3) is 0 Å². The Kier molecular flexibility index (Phi) is 3.15. The molecule has 0 unspecified atom stereocenters. The lowest BCUT2D eigenvalue weighted by Gasteiger charge is -2.04. The minimum Gasteiger partial charge on any atom is -0.389 e. The van der Waals surface area contributed by atoms with Crippen LogP contribution in [0.1, 0.15) is 16.1 Å². The largest absolute Gasteiger partial charge is 0.389 e. The standard InChI is InChI=1S/C11H9N3O2S/c12-10(17)7-2-1-3-8(6-7)13-11(15)9-4-5-16-14-9/h1-6H,(H2,12,17)(H,13,15). The molecule has 5 nitrogen and oxygen atoms in total. The van der Waals surface area contributed by atoms with Crippen molar-refractivity contribution in [1.29, 1.82) is 0 Å². The van der Waals surface area contributed by atoms with Gasteiger partial charge in [0.2, 0.25) is 0 Å². The predicted molar refractivity (Wildman–Crippen MR) is 66.8 cm³/mol. The summed E-state index contributed by atoms with van der Waals surface area (Å²) >= 11 is 4.85. The molecule has 1 aromatic carbocycles. The van der Waals surface area contributed by atoms with Gasteiger partial charge in [0.15, 0.2) is 5.69 Å². The van der Waals surface area contributed by atoms with Crippen molar-refractivity contribution in [2.24, 2.45) is 5.73 Å². The summed E-state index contributed by atoms with van der Waals surface area (Å²) in [6.07, 6.45) is 1.33. The van der Waals surface area contributed by atoms with Gasteiger partial charge in [-0.05, 0) is 12.1 Å². The van der Waals surface area contributed by atoms with E-state index in [1.807, 2.05) is 0 Å². The zero-order valence-corrected chi connectivity index (χ0v) is 9.53. The van der Waals surface area contributed by atoms with Gasteiger partial charge in [0.05, 0.1) is 0 Å². The van der Waals surface area contributed by atoms with Crippen LogP contribution < -0.4 is 11.1 Å². The van der Waals surface area contributed by atoms with Gasteiger partial charge >= 0.3 is 0 Å². The number of nitrogens with two attached hydrogens (primary N) is 1. The van der Waals surface area contributed by atoms with E-state index >= 15 is 0 Å². The minimum absolute atomic E-state index is 0.214. The molecular formula is C11H9N3O2S. The third-order valence-corrected chi connectivity index (χ3v) is 2.31. The van der Waals surface area contributed by atoms with E-state index in [4.69, 9.17) is 18.0 Å². The summed E-state index contributed by atoms with van der Waals surface area (Å²) in [5.41, 5.74) is 7.01. The van der Waals surface area contributed by atoms with Gasteiger partial charge in [0.25, 0.3) is 5.91 Å². The Labute approximate surface area is 103 Å². The number of anilines is 1. The number of rotatable bonds is 3. The van der Waals surface area contributed by atoms with Crippen molar-refractivity contribution in [3.63, 3.8) is 0 Å². The van der Waals surface area contributed by atoms with Crippen molar-refractivity contribution in [1.82, 2.24) is 5.16 Å². The second kappa shape index (κ2) is 4.75. The average molecular weight is 247 g/mol. The number of amides is 1. The van der Waals surface area contributed by atoms with Gasteiger partial charge < -0.3 is 15.6 Å². The van der Waals surface area contributed by atoms with Crippen LogP contribution in [0.5, 0.6) is 0 Å². The highest BCUT2D eigenvalue weighted by Crippen LogP contribution is 2.11. The lowest BCUT2D eigenvalue weighted by atomic mass is 10.2. The fraction of sp³-hybridized carbons (Fsp3) is 0. The first-order chi connectivity index (χ1) is 8.16. The Balaban J connectivity index is 2.16. The van der Waals surface area contributed by atoms with E-state index in [1.165, 1.54) is 12.3 Å². The third kappa shape index (κ3) is 2.67. The molecule has 6 heteroatoms. The number of carbonyl (C=O) groups excluding carboxylic acids is 1. The maximum Gasteiger partial charge on any atom is 0.277 e. The van der Waals surface area contributed by atoms with E-state index in [0.29, 0.717) is 11.3 Å². The Bertz CT molecular complexity index is 552. The maximum atomic E-state index is 11.7. The van der Waals surface area contributed by atoms with E-state index in [9.17, 15) is 4.79 Å². The highest BCUT2D eigenvalue weighted by atomic mass is 32.1. The van der Waals surface area contributed by atoms with Crippen LogP contribution in [-0.2, 0) is 0 Å². The van der Waals surface area contributed by atoms with Crippen molar-refractivity contribution < 1.29 is 9.32 Å². The highest BCUT2D eigenvalue weighted by molar-refractivity contribution is 7.80. The molecule has 2 rings (SSSR count). The molecule has 1 heterocycles. The second-order valence-electron chi connectivity index (χ2n) is 3.28. The van der Waals surface area contributed by atoms with Gasteiger partial charge in [-0.2, -0.15) is 0 Å².